The molecule has 0 radical (unpaired) electrons. The van der Waals surface area contributed by atoms with Gasteiger partial charge in [-0.2, -0.15) is 11.8 Å². The van der Waals surface area contributed by atoms with Crippen LogP contribution in [0, 0.1) is 23.2 Å². The van der Waals surface area contributed by atoms with Gasteiger partial charge in [0.1, 0.15) is 0 Å². The normalized spacial score (nSPS) is 41.4. The van der Waals surface area contributed by atoms with Crippen molar-refractivity contribution in [3.8, 4) is 0 Å². The summed E-state index contributed by atoms with van der Waals surface area (Å²) in [6, 6.07) is 0. The van der Waals surface area contributed by atoms with Crippen LogP contribution in [0.25, 0.3) is 0 Å². The molecule has 4 saturated carbocycles. The summed E-state index contributed by atoms with van der Waals surface area (Å²) in [5.74, 6) is 3.61. The van der Waals surface area contributed by atoms with E-state index in [-0.39, 0.29) is 5.25 Å². The molecule has 4 aliphatic carbocycles. The van der Waals surface area contributed by atoms with Crippen LogP contribution in [-0.4, -0.2) is 22.1 Å². The summed E-state index contributed by atoms with van der Waals surface area (Å²) in [5.41, 5.74) is 0.657. The van der Waals surface area contributed by atoms with E-state index < -0.39 is 5.97 Å². The third kappa shape index (κ3) is 3.12. The van der Waals surface area contributed by atoms with E-state index in [0.29, 0.717) is 11.8 Å². The number of hydrogen-bond donors (Lipinski definition) is 1. The lowest BCUT2D eigenvalue weighted by atomic mass is 9.49. The fourth-order valence-corrected chi connectivity index (χ4v) is 6.59. The molecule has 4 bridgehead atoms. The Hall–Kier alpha value is -0.180. The zero-order valence-corrected chi connectivity index (χ0v) is 12.8. The largest absolute Gasteiger partial charge is 0.481 e. The van der Waals surface area contributed by atoms with Crippen LogP contribution < -0.4 is 0 Å². The highest BCUT2D eigenvalue weighted by Crippen LogP contribution is 2.61. The SMILES string of the molecule is CC(CC(=O)O)SCCC12CC3CC(CC(C3)C1)C2. The van der Waals surface area contributed by atoms with Gasteiger partial charge in [-0.05, 0) is 73.9 Å². The Kier molecular flexibility index (Phi) is 3.85. The number of rotatable bonds is 6. The van der Waals surface area contributed by atoms with Crippen molar-refractivity contribution in [1.29, 1.82) is 0 Å². The number of carbonyl (C=O) groups is 1. The van der Waals surface area contributed by atoms with Gasteiger partial charge in [0.2, 0.25) is 0 Å². The third-order valence-electron chi connectivity index (χ3n) is 5.66. The molecule has 1 N–H and O–H groups in total. The Morgan fingerprint density at radius 2 is 1.74 bits per heavy atom. The van der Waals surface area contributed by atoms with Gasteiger partial charge in [0.15, 0.2) is 0 Å². The maximum atomic E-state index is 10.7. The summed E-state index contributed by atoms with van der Waals surface area (Å²) in [5, 5.41) is 9.07. The molecule has 0 heterocycles. The maximum Gasteiger partial charge on any atom is 0.304 e. The molecule has 4 aliphatic rings. The van der Waals surface area contributed by atoms with Gasteiger partial charge in [-0.3, -0.25) is 4.79 Å². The van der Waals surface area contributed by atoms with Crippen molar-refractivity contribution in [1.82, 2.24) is 0 Å². The van der Waals surface area contributed by atoms with E-state index in [0.717, 1.165) is 17.8 Å². The van der Waals surface area contributed by atoms with Gasteiger partial charge in [0, 0.05) is 5.25 Å². The summed E-state index contributed by atoms with van der Waals surface area (Å²) in [4.78, 5) is 10.7. The molecule has 0 aromatic carbocycles. The summed E-state index contributed by atoms with van der Waals surface area (Å²) in [7, 11) is 0. The molecule has 0 aromatic rings. The van der Waals surface area contributed by atoms with Gasteiger partial charge in [-0.15, -0.1) is 0 Å². The van der Waals surface area contributed by atoms with Crippen molar-refractivity contribution in [3.63, 3.8) is 0 Å². The van der Waals surface area contributed by atoms with Crippen LogP contribution in [-0.2, 0) is 4.79 Å². The number of carboxylic acids is 1. The van der Waals surface area contributed by atoms with Crippen LogP contribution >= 0.6 is 11.8 Å². The molecule has 0 amide bonds. The second kappa shape index (κ2) is 5.31. The van der Waals surface area contributed by atoms with Crippen LogP contribution in [0.3, 0.4) is 0 Å². The van der Waals surface area contributed by atoms with E-state index in [1.165, 1.54) is 50.7 Å². The number of carboxylic acid groups (broad SMARTS) is 1. The monoisotopic (exact) mass is 282 g/mol. The van der Waals surface area contributed by atoms with E-state index in [9.17, 15) is 4.79 Å². The van der Waals surface area contributed by atoms with Crippen molar-refractivity contribution in [2.45, 2.75) is 63.5 Å². The highest BCUT2D eigenvalue weighted by Gasteiger charge is 2.50. The lowest BCUT2D eigenvalue weighted by molar-refractivity contribution is -0.136. The van der Waals surface area contributed by atoms with Crippen LogP contribution in [0.2, 0.25) is 0 Å². The third-order valence-corrected chi connectivity index (χ3v) is 6.84. The minimum atomic E-state index is -0.658. The zero-order valence-electron chi connectivity index (χ0n) is 11.9. The zero-order chi connectivity index (χ0) is 13.5. The molecule has 0 aliphatic heterocycles. The fraction of sp³-hybridized carbons (Fsp3) is 0.938. The van der Waals surface area contributed by atoms with E-state index in [2.05, 4.69) is 6.92 Å². The predicted octanol–water partition coefficient (Wildman–Crippen LogP) is 4.19. The van der Waals surface area contributed by atoms with Crippen LogP contribution in [0.15, 0.2) is 0 Å². The molecule has 1 unspecified atom stereocenters. The van der Waals surface area contributed by atoms with Crippen molar-refractivity contribution in [2.75, 3.05) is 5.75 Å². The molecule has 3 heteroatoms. The first-order valence-electron chi connectivity index (χ1n) is 7.88. The number of hydrogen-bond acceptors (Lipinski definition) is 2. The van der Waals surface area contributed by atoms with Crippen molar-refractivity contribution >= 4 is 17.7 Å². The molecule has 108 valence electrons. The molecular weight excluding hydrogens is 256 g/mol. The predicted molar refractivity (Wildman–Crippen MR) is 79.4 cm³/mol. The highest BCUT2D eigenvalue weighted by atomic mass is 32.2. The number of aliphatic carboxylic acids is 1. The Morgan fingerprint density at radius 3 is 2.21 bits per heavy atom. The second-order valence-corrected chi connectivity index (χ2v) is 8.99. The first-order valence-corrected chi connectivity index (χ1v) is 8.93. The lowest BCUT2D eigenvalue weighted by Gasteiger charge is -2.57. The van der Waals surface area contributed by atoms with E-state index >= 15 is 0 Å². The first-order chi connectivity index (χ1) is 9.05. The molecule has 19 heavy (non-hydrogen) atoms. The van der Waals surface area contributed by atoms with Gasteiger partial charge < -0.3 is 5.11 Å². The van der Waals surface area contributed by atoms with Gasteiger partial charge >= 0.3 is 5.97 Å². The van der Waals surface area contributed by atoms with Gasteiger partial charge in [-0.25, -0.2) is 0 Å². The molecule has 2 nitrogen and oxygen atoms in total. The Morgan fingerprint density at radius 1 is 1.21 bits per heavy atom. The van der Waals surface area contributed by atoms with Crippen LogP contribution in [0.1, 0.15) is 58.3 Å². The molecule has 0 spiro atoms. The van der Waals surface area contributed by atoms with Gasteiger partial charge in [-0.1, -0.05) is 6.92 Å². The average molecular weight is 282 g/mol. The molecule has 1 atom stereocenters. The molecule has 0 aromatic heterocycles. The highest BCUT2D eigenvalue weighted by molar-refractivity contribution is 7.99. The summed E-state index contributed by atoms with van der Waals surface area (Å²) in [6.07, 6.45) is 10.6. The summed E-state index contributed by atoms with van der Waals surface area (Å²) >= 11 is 1.87. The van der Waals surface area contributed by atoms with Crippen molar-refractivity contribution < 1.29 is 9.90 Å². The standard InChI is InChI=1S/C16H26O2S/c1-11(4-15(17)18)19-3-2-16-8-12-5-13(9-16)7-14(6-12)10-16/h11-14H,2-10H2,1H3,(H,17,18). The first kappa shape index (κ1) is 13.8. The topological polar surface area (TPSA) is 37.3 Å². The van der Waals surface area contributed by atoms with Crippen LogP contribution in [0.4, 0.5) is 0 Å². The number of thioether (sulfide) groups is 1. The summed E-state index contributed by atoms with van der Waals surface area (Å²) in [6.45, 7) is 2.05. The Bertz CT molecular complexity index is 317. The minimum absolute atomic E-state index is 0.270. The smallest absolute Gasteiger partial charge is 0.304 e. The van der Waals surface area contributed by atoms with Crippen LogP contribution in [0.5, 0.6) is 0 Å². The van der Waals surface area contributed by atoms with E-state index in [4.69, 9.17) is 5.11 Å². The minimum Gasteiger partial charge on any atom is -0.481 e. The Balaban J connectivity index is 1.49. The molecular formula is C16H26O2S. The fourth-order valence-electron chi connectivity index (χ4n) is 5.38. The van der Waals surface area contributed by atoms with Crippen molar-refractivity contribution in [2.24, 2.45) is 23.2 Å². The molecule has 0 saturated heterocycles. The lowest BCUT2D eigenvalue weighted by Crippen LogP contribution is -2.46. The van der Waals surface area contributed by atoms with Crippen molar-refractivity contribution in [3.05, 3.63) is 0 Å². The van der Waals surface area contributed by atoms with Gasteiger partial charge in [0.25, 0.3) is 0 Å². The summed E-state index contributed by atoms with van der Waals surface area (Å²) < 4.78 is 0. The average Bonchev–Trinajstić information content (AvgIpc) is 2.25. The second-order valence-electron chi connectivity index (χ2n) is 7.45. The maximum absolute atomic E-state index is 10.7. The molecule has 4 fully saturated rings. The quantitative estimate of drug-likeness (QED) is 0.793. The Labute approximate surface area is 120 Å². The molecule has 4 rings (SSSR count). The van der Waals surface area contributed by atoms with E-state index in [1.807, 2.05) is 11.8 Å². The van der Waals surface area contributed by atoms with Gasteiger partial charge in [0.05, 0.1) is 6.42 Å². The van der Waals surface area contributed by atoms with E-state index in [1.54, 1.807) is 0 Å².